The molecular formula is C48H33N3O. The van der Waals surface area contributed by atoms with Crippen LogP contribution in [0.3, 0.4) is 0 Å². The molecule has 0 saturated heterocycles. The number of furan rings is 1. The molecule has 0 bridgehead atoms. The van der Waals surface area contributed by atoms with Crippen molar-refractivity contribution in [3.8, 4) is 5.69 Å². The molecule has 2 aromatic heterocycles. The fraction of sp³-hybridized carbons (Fsp3) is 0. The van der Waals surface area contributed by atoms with Gasteiger partial charge in [-0.05, 0) is 97.1 Å². The van der Waals surface area contributed by atoms with Gasteiger partial charge in [-0.1, -0.05) is 103 Å². The van der Waals surface area contributed by atoms with Gasteiger partial charge in [0, 0.05) is 55.7 Å². The first-order chi connectivity index (χ1) is 25.8. The topological polar surface area (TPSA) is 24.6 Å². The normalized spacial score (nSPS) is 11.5. The molecule has 4 heteroatoms. The van der Waals surface area contributed by atoms with Crippen LogP contribution in [0.4, 0.5) is 34.1 Å². The molecule has 8 aromatic carbocycles. The van der Waals surface area contributed by atoms with Crippen molar-refractivity contribution in [2.45, 2.75) is 0 Å². The molecule has 0 aliphatic heterocycles. The molecule has 4 nitrogen and oxygen atoms in total. The van der Waals surface area contributed by atoms with E-state index in [0.717, 1.165) is 78.2 Å². The van der Waals surface area contributed by atoms with Gasteiger partial charge in [0.1, 0.15) is 5.58 Å². The van der Waals surface area contributed by atoms with E-state index in [2.05, 4.69) is 202 Å². The van der Waals surface area contributed by atoms with Gasteiger partial charge in [0.2, 0.25) is 0 Å². The summed E-state index contributed by atoms with van der Waals surface area (Å²) in [7, 11) is 0. The maximum atomic E-state index is 6.60. The first kappa shape index (κ1) is 29.8. The van der Waals surface area contributed by atoms with Crippen molar-refractivity contribution in [2.75, 3.05) is 9.80 Å². The van der Waals surface area contributed by atoms with Gasteiger partial charge in [-0.15, -0.1) is 0 Å². The smallest absolute Gasteiger partial charge is 0.159 e. The lowest BCUT2D eigenvalue weighted by molar-refractivity contribution is 0.669. The van der Waals surface area contributed by atoms with Crippen LogP contribution in [0, 0.1) is 0 Å². The quantitative estimate of drug-likeness (QED) is 0.169. The van der Waals surface area contributed by atoms with Gasteiger partial charge < -0.3 is 18.8 Å². The van der Waals surface area contributed by atoms with Crippen LogP contribution >= 0.6 is 0 Å². The summed E-state index contributed by atoms with van der Waals surface area (Å²) in [5.41, 5.74) is 11.6. The van der Waals surface area contributed by atoms with Crippen molar-refractivity contribution >= 4 is 77.9 Å². The molecule has 0 spiro atoms. The molecule has 0 radical (unpaired) electrons. The predicted octanol–water partition coefficient (Wildman–Crippen LogP) is 13.6. The standard InChI is InChI=1S/C48H33N3O/c1-5-16-34(17-6-1)49(35-18-7-2-8-19-35)38-28-30-44-42(32-38)43-33-39(29-31-45(43)51(44)37-22-11-4-12-23-37)50(36-20-9-3-10-21-36)46-26-15-25-41-40-24-13-14-27-47(40)52-48(41)46/h1-33H. The van der Waals surface area contributed by atoms with Crippen molar-refractivity contribution in [2.24, 2.45) is 0 Å². The summed E-state index contributed by atoms with van der Waals surface area (Å²) >= 11 is 0. The van der Waals surface area contributed by atoms with E-state index in [0.29, 0.717) is 0 Å². The lowest BCUT2D eigenvalue weighted by Crippen LogP contribution is -2.10. The van der Waals surface area contributed by atoms with Crippen molar-refractivity contribution in [3.63, 3.8) is 0 Å². The monoisotopic (exact) mass is 667 g/mol. The molecule has 246 valence electrons. The molecule has 0 aliphatic carbocycles. The average Bonchev–Trinajstić information content (AvgIpc) is 3.76. The van der Waals surface area contributed by atoms with Crippen molar-refractivity contribution in [1.29, 1.82) is 0 Å². The van der Waals surface area contributed by atoms with E-state index >= 15 is 0 Å². The lowest BCUT2D eigenvalue weighted by atomic mass is 10.1. The number of aromatic nitrogens is 1. The van der Waals surface area contributed by atoms with E-state index in [1.54, 1.807) is 0 Å². The van der Waals surface area contributed by atoms with Gasteiger partial charge in [-0.2, -0.15) is 0 Å². The molecule has 0 saturated carbocycles. The van der Waals surface area contributed by atoms with Gasteiger partial charge in [-0.25, -0.2) is 0 Å². The molecule has 52 heavy (non-hydrogen) atoms. The third-order valence-electron chi connectivity index (χ3n) is 9.93. The Kier molecular flexibility index (Phi) is 7.10. The minimum Gasteiger partial charge on any atom is -0.454 e. The third kappa shape index (κ3) is 4.92. The molecule has 10 rings (SSSR count). The number of benzene rings is 8. The van der Waals surface area contributed by atoms with E-state index in [1.165, 1.54) is 5.39 Å². The minimum absolute atomic E-state index is 0.864. The van der Waals surface area contributed by atoms with E-state index in [4.69, 9.17) is 4.42 Å². The Morgan fingerprint density at radius 3 is 1.42 bits per heavy atom. The van der Waals surface area contributed by atoms with Gasteiger partial charge in [0.25, 0.3) is 0 Å². The van der Waals surface area contributed by atoms with Crippen LogP contribution in [-0.2, 0) is 0 Å². The first-order valence-electron chi connectivity index (χ1n) is 17.6. The van der Waals surface area contributed by atoms with Gasteiger partial charge in [0.15, 0.2) is 5.58 Å². The second-order valence-electron chi connectivity index (χ2n) is 13.0. The molecule has 0 unspecified atom stereocenters. The summed E-state index contributed by atoms with van der Waals surface area (Å²) in [6, 6.07) is 70.8. The Labute approximate surface area is 301 Å². The lowest BCUT2D eigenvalue weighted by Gasteiger charge is -2.26. The van der Waals surface area contributed by atoms with Crippen molar-refractivity contribution < 1.29 is 4.42 Å². The Morgan fingerprint density at radius 1 is 0.346 bits per heavy atom. The van der Waals surface area contributed by atoms with Crippen LogP contribution in [0.2, 0.25) is 0 Å². The zero-order valence-corrected chi connectivity index (χ0v) is 28.3. The second-order valence-corrected chi connectivity index (χ2v) is 13.0. The fourth-order valence-corrected chi connectivity index (χ4v) is 7.65. The molecule has 0 fully saturated rings. The molecule has 0 amide bonds. The van der Waals surface area contributed by atoms with Crippen LogP contribution in [0.5, 0.6) is 0 Å². The number of fused-ring (bicyclic) bond motifs is 6. The SMILES string of the molecule is c1ccc(N(c2ccccc2)c2ccc3c(c2)c2cc(N(c4ccccc4)c4cccc5c4oc4ccccc45)ccc2n3-c2ccccc2)cc1. The summed E-state index contributed by atoms with van der Waals surface area (Å²) in [4.78, 5) is 4.65. The molecule has 0 aliphatic rings. The second kappa shape index (κ2) is 12.4. The average molecular weight is 668 g/mol. The van der Waals surface area contributed by atoms with Crippen molar-refractivity contribution in [1.82, 2.24) is 4.57 Å². The van der Waals surface area contributed by atoms with Crippen molar-refractivity contribution in [3.05, 3.63) is 200 Å². The van der Waals surface area contributed by atoms with E-state index in [9.17, 15) is 0 Å². The maximum absolute atomic E-state index is 6.60. The summed E-state index contributed by atoms with van der Waals surface area (Å²) in [6.45, 7) is 0. The Bertz CT molecular complexity index is 2800. The molecule has 0 N–H and O–H groups in total. The van der Waals surface area contributed by atoms with Crippen LogP contribution in [0.15, 0.2) is 205 Å². The van der Waals surface area contributed by atoms with Crippen LogP contribution in [-0.4, -0.2) is 4.57 Å². The van der Waals surface area contributed by atoms with Gasteiger partial charge in [0.05, 0.1) is 16.7 Å². The Hall–Kier alpha value is -7.04. The highest BCUT2D eigenvalue weighted by Crippen LogP contribution is 2.45. The highest BCUT2D eigenvalue weighted by Gasteiger charge is 2.22. The van der Waals surface area contributed by atoms with Crippen LogP contribution < -0.4 is 9.80 Å². The number of nitrogens with zero attached hydrogens (tertiary/aromatic N) is 3. The predicted molar refractivity (Wildman–Crippen MR) is 217 cm³/mol. The summed E-state index contributed by atoms with van der Waals surface area (Å²) in [5.74, 6) is 0. The van der Waals surface area contributed by atoms with Crippen LogP contribution in [0.25, 0.3) is 49.4 Å². The highest BCUT2D eigenvalue weighted by molar-refractivity contribution is 6.13. The number of anilines is 6. The zero-order valence-electron chi connectivity index (χ0n) is 28.3. The van der Waals surface area contributed by atoms with Gasteiger partial charge in [-0.3, -0.25) is 0 Å². The van der Waals surface area contributed by atoms with E-state index in [-0.39, 0.29) is 0 Å². The summed E-state index contributed by atoms with van der Waals surface area (Å²) in [6.07, 6.45) is 0. The number of para-hydroxylation sites is 6. The Balaban J connectivity index is 1.24. The molecule has 0 atom stereocenters. The summed E-state index contributed by atoms with van der Waals surface area (Å²) < 4.78 is 8.98. The number of hydrogen-bond acceptors (Lipinski definition) is 3. The zero-order chi connectivity index (χ0) is 34.4. The molecule has 2 heterocycles. The van der Waals surface area contributed by atoms with E-state index in [1.807, 2.05) is 12.1 Å². The largest absolute Gasteiger partial charge is 0.454 e. The minimum atomic E-state index is 0.864. The van der Waals surface area contributed by atoms with E-state index < -0.39 is 0 Å². The third-order valence-corrected chi connectivity index (χ3v) is 9.93. The fourth-order valence-electron chi connectivity index (χ4n) is 7.65. The van der Waals surface area contributed by atoms with Crippen LogP contribution in [0.1, 0.15) is 0 Å². The highest BCUT2D eigenvalue weighted by atomic mass is 16.3. The molecular weight excluding hydrogens is 635 g/mol. The number of rotatable bonds is 7. The number of hydrogen-bond donors (Lipinski definition) is 0. The maximum Gasteiger partial charge on any atom is 0.159 e. The van der Waals surface area contributed by atoms with Gasteiger partial charge >= 0.3 is 0 Å². The summed E-state index contributed by atoms with van der Waals surface area (Å²) in [5, 5.41) is 4.55. The molecule has 10 aromatic rings. The first-order valence-corrected chi connectivity index (χ1v) is 17.6. The Morgan fingerprint density at radius 2 is 0.827 bits per heavy atom.